The van der Waals surface area contributed by atoms with Crippen LogP contribution in [0, 0.1) is 0 Å². The van der Waals surface area contributed by atoms with Gasteiger partial charge in [-0.2, -0.15) is 5.10 Å². The highest BCUT2D eigenvalue weighted by molar-refractivity contribution is 5.95. The number of fused-ring (bicyclic) bond motifs is 1. The topological polar surface area (TPSA) is 73.9 Å². The van der Waals surface area contributed by atoms with E-state index in [9.17, 15) is 4.79 Å². The molecule has 6 heteroatoms. The molecule has 1 amide bonds. The van der Waals surface area contributed by atoms with Crippen LogP contribution in [-0.4, -0.2) is 40.7 Å². The molecule has 4 rings (SSSR count). The Morgan fingerprint density at radius 3 is 2.91 bits per heavy atom. The van der Waals surface area contributed by atoms with Gasteiger partial charge < -0.3 is 10.2 Å². The standard InChI is InChI=1S/C17H21N5O/c1-22-9-14(16-18-10-19-21-16)13-8-11(6-7-15(13)22)17(23)20-12-4-2-3-5-12/h6-8,10,12,14H,2-5,9H2,1H3,(H,20,23)(H,18,19,21)/t14-/m0/s1. The zero-order valence-electron chi connectivity index (χ0n) is 13.2. The Kier molecular flexibility index (Phi) is 3.52. The molecule has 0 unspecified atom stereocenters. The minimum absolute atomic E-state index is 0.0329. The van der Waals surface area contributed by atoms with E-state index < -0.39 is 0 Å². The zero-order chi connectivity index (χ0) is 15.8. The van der Waals surface area contributed by atoms with E-state index in [1.165, 1.54) is 19.2 Å². The summed E-state index contributed by atoms with van der Waals surface area (Å²) in [5.41, 5.74) is 3.03. The molecule has 1 atom stereocenters. The predicted octanol–water partition coefficient (Wildman–Crippen LogP) is 2.06. The summed E-state index contributed by atoms with van der Waals surface area (Å²) < 4.78 is 0. The molecule has 1 aliphatic heterocycles. The van der Waals surface area contributed by atoms with Crippen LogP contribution < -0.4 is 10.2 Å². The zero-order valence-corrected chi connectivity index (χ0v) is 13.2. The van der Waals surface area contributed by atoms with Crippen LogP contribution in [-0.2, 0) is 0 Å². The van der Waals surface area contributed by atoms with E-state index in [1.54, 1.807) is 0 Å². The lowest BCUT2D eigenvalue weighted by atomic mass is 9.98. The van der Waals surface area contributed by atoms with Crippen molar-refractivity contribution in [2.45, 2.75) is 37.6 Å². The molecule has 6 nitrogen and oxygen atoms in total. The van der Waals surface area contributed by atoms with E-state index in [4.69, 9.17) is 0 Å². The smallest absolute Gasteiger partial charge is 0.251 e. The number of benzene rings is 1. The lowest BCUT2D eigenvalue weighted by Crippen LogP contribution is -2.32. The number of nitrogens with one attached hydrogen (secondary N) is 2. The first kappa shape index (κ1) is 14.2. The van der Waals surface area contributed by atoms with Crippen LogP contribution >= 0.6 is 0 Å². The molecule has 23 heavy (non-hydrogen) atoms. The Hall–Kier alpha value is -2.37. The third kappa shape index (κ3) is 2.58. The number of rotatable bonds is 3. The van der Waals surface area contributed by atoms with Crippen molar-refractivity contribution in [1.29, 1.82) is 0 Å². The Bertz CT molecular complexity index is 706. The van der Waals surface area contributed by atoms with Gasteiger partial charge in [0.1, 0.15) is 12.2 Å². The first-order valence-corrected chi connectivity index (χ1v) is 8.23. The summed E-state index contributed by atoms with van der Waals surface area (Å²) in [6, 6.07) is 6.30. The number of nitrogens with zero attached hydrogens (tertiary/aromatic N) is 3. The van der Waals surface area contributed by atoms with Gasteiger partial charge in [0.05, 0.1) is 5.92 Å². The minimum Gasteiger partial charge on any atom is -0.373 e. The summed E-state index contributed by atoms with van der Waals surface area (Å²) in [5.74, 6) is 1.02. The largest absolute Gasteiger partial charge is 0.373 e. The normalized spacial score (nSPS) is 20.7. The molecule has 1 aromatic heterocycles. The molecule has 0 bridgehead atoms. The summed E-state index contributed by atoms with van der Waals surface area (Å²) in [6.45, 7) is 0.845. The third-order valence-electron chi connectivity index (χ3n) is 4.99. The van der Waals surface area contributed by atoms with Gasteiger partial charge in [0.25, 0.3) is 5.91 Å². The molecular weight excluding hydrogens is 290 g/mol. The monoisotopic (exact) mass is 311 g/mol. The van der Waals surface area contributed by atoms with E-state index in [0.717, 1.165) is 42.0 Å². The molecule has 0 radical (unpaired) electrons. The fraction of sp³-hybridized carbons (Fsp3) is 0.471. The summed E-state index contributed by atoms with van der Waals surface area (Å²) in [7, 11) is 2.06. The number of carbonyl (C=O) groups is 1. The third-order valence-corrected chi connectivity index (χ3v) is 4.99. The van der Waals surface area contributed by atoms with Crippen molar-refractivity contribution in [2.75, 3.05) is 18.5 Å². The number of anilines is 1. The van der Waals surface area contributed by atoms with Gasteiger partial charge in [0, 0.05) is 30.9 Å². The van der Waals surface area contributed by atoms with E-state index in [0.29, 0.717) is 6.04 Å². The second kappa shape index (κ2) is 5.68. The molecule has 2 N–H and O–H groups in total. The molecule has 1 aliphatic carbocycles. The number of H-pyrrole nitrogens is 1. The SMILES string of the molecule is CN1C[C@H](c2ncn[nH]2)c2cc(C(=O)NC3CCCC3)ccc21. The number of likely N-dealkylation sites (N-methyl/N-ethyl adjacent to an activating group) is 1. The van der Waals surface area contributed by atoms with Crippen molar-refractivity contribution in [2.24, 2.45) is 0 Å². The summed E-state index contributed by atoms with van der Waals surface area (Å²) in [5, 5.41) is 10.1. The second-order valence-corrected chi connectivity index (χ2v) is 6.53. The Morgan fingerprint density at radius 1 is 1.35 bits per heavy atom. The molecular formula is C17H21N5O. The minimum atomic E-state index is 0.0329. The first-order valence-electron chi connectivity index (χ1n) is 8.23. The summed E-state index contributed by atoms with van der Waals surface area (Å²) >= 11 is 0. The maximum atomic E-state index is 12.5. The average molecular weight is 311 g/mol. The van der Waals surface area contributed by atoms with Crippen LogP contribution in [0.5, 0.6) is 0 Å². The van der Waals surface area contributed by atoms with Crippen molar-refractivity contribution in [3.8, 4) is 0 Å². The molecule has 2 aliphatic rings. The Morgan fingerprint density at radius 2 is 2.17 bits per heavy atom. The molecule has 2 aromatic rings. The van der Waals surface area contributed by atoms with Crippen LogP contribution in [0.1, 0.15) is 53.3 Å². The van der Waals surface area contributed by atoms with E-state index >= 15 is 0 Å². The van der Waals surface area contributed by atoms with Gasteiger partial charge in [-0.15, -0.1) is 0 Å². The van der Waals surface area contributed by atoms with Crippen molar-refractivity contribution >= 4 is 11.6 Å². The highest BCUT2D eigenvalue weighted by atomic mass is 16.1. The summed E-state index contributed by atoms with van der Waals surface area (Å²) in [6.07, 6.45) is 6.16. The number of amides is 1. The van der Waals surface area contributed by atoms with Gasteiger partial charge in [0.2, 0.25) is 0 Å². The Balaban J connectivity index is 1.61. The first-order chi connectivity index (χ1) is 11.2. The number of aromatic nitrogens is 3. The highest BCUT2D eigenvalue weighted by Gasteiger charge is 2.30. The van der Waals surface area contributed by atoms with E-state index in [2.05, 4.69) is 32.4 Å². The highest BCUT2D eigenvalue weighted by Crippen LogP contribution is 2.38. The van der Waals surface area contributed by atoms with Crippen LogP contribution in [0.4, 0.5) is 5.69 Å². The predicted molar refractivity (Wildman–Crippen MR) is 87.7 cm³/mol. The molecule has 1 aromatic carbocycles. The maximum absolute atomic E-state index is 12.5. The lowest BCUT2D eigenvalue weighted by Gasteiger charge is -2.14. The number of carbonyl (C=O) groups excluding carboxylic acids is 1. The quantitative estimate of drug-likeness (QED) is 0.910. The molecule has 120 valence electrons. The van der Waals surface area contributed by atoms with Crippen LogP contribution in [0.25, 0.3) is 0 Å². The van der Waals surface area contributed by atoms with Crippen LogP contribution in [0.2, 0.25) is 0 Å². The number of hydrogen-bond acceptors (Lipinski definition) is 4. The molecule has 0 spiro atoms. The van der Waals surface area contributed by atoms with Crippen LogP contribution in [0.15, 0.2) is 24.5 Å². The van der Waals surface area contributed by atoms with Gasteiger partial charge in [-0.05, 0) is 36.6 Å². The van der Waals surface area contributed by atoms with Crippen molar-refractivity contribution in [3.63, 3.8) is 0 Å². The average Bonchev–Trinajstić information content (AvgIpc) is 3.28. The van der Waals surface area contributed by atoms with E-state index in [-0.39, 0.29) is 11.8 Å². The van der Waals surface area contributed by atoms with Gasteiger partial charge in [-0.25, -0.2) is 4.98 Å². The molecule has 1 saturated carbocycles. The fourth-order valence-electron chi connectivity index (χ4n) is 3.75. The lowest BCUT2D eigenvalue weighted by molar-refractivity contribution is 0.0938. The molecule has 2 heterocycles. The van der Waals surface area contributed by atoms with Crippen molar-refractivity contribution < 1.29 is 4.79 Å². The molecule has 1 fully saturated rings. The van der Waals surface area contributed by atoms with Gasteiger partial charge in [-0.3, -0.25) is 9.89 Å². The Labute approximate surface area is 135 Å². The molecule has 0 saturated heterocycles. The summed E-state index contributed by atoms with van der Waals surface area (Å²) in [4.78, 5) is 19.0. The van der Waals surface area contributed by atoms with E-state index in [1.807, 2.05) is 18.2 Å². The fourth-order valence-corrected chi connectivity index (χ4v) is 3.75. The van der Waals surface area contributed by atoms with Gasteiger partial charge in [0.15, 0.2) is 0 Å². The van der Waals surface area contributed by atoms with Crippen molar-refractivity contribution in [3.05, 3.63) is 41.5 Å². The van der Waals surface area contributed by atoms with Gasteiger partial charge >= 0.3 is 0 Å². The number of aromatic amines is 1. The number of hydrogen-bond donors (Lipinski definition) is 2. The van der Waals surface area contributed by atoms with Crippen LogP contribution in [0.3, 0.4) is 0 Å². The maximum Gasteiger partial charge on any atom is 0.251 e. The van der Waals surface area contributed by atoms with Gasteiger partial charge in [-0.1, -0.05) is 12.8 Å². The van der Waals surface area contributed by atoms with Crippen molar-refractivity contribution in [1.82, 2.24) is 20.5 Å². The second-order valence-electron chi connectivity index (χ2n) is 6.53.